The molecule has 4 rings (SSSR count). The molecule has 3 aromatic heterocycles. The van der Waals surface area contributed by atoms with Crippen LogP contribution in [0.15, 0.2) is 49.4 Å². The number of likely N-dealkylation sites (tertiary alicyclic amines) is 1. The lowest BCUT2D eigenvalue weighted by Gasteiger charge is -2.35. The Hall–Kier alpha value is -3.03. The van der Waals surface area contributed by atoms with E-state index in [1.54, 1.807) is 40.2 Å². The highest BCUT2D eigenvalue weighted by Gasteiger charge is 2.28. The van der Waals surface area contributed by atoms with Gasteiger partial charge in [-0.3, -0.25) is 14.0 Å². The standard InChI is InChI=1S/C17H19N7O/c25-17(14-4-5-19-16(11-14)22-9-6-18-13-22)24-8-2-1-3-15(24)12-23-10-7-20-21-23/h4-7,9-11,13,15H,1-3,8,12H2. The summed E-state index contributed by atoms with van der Waals surface area (Å²) in [4.78, 5) is 23.4. The van der Waals surface area contributed by atoms with Gasteiger partial charge in [0.1, 0.15) is 12.1 Å². The van der Waals surface area contributed by atoms with Gasteiger partial charge in [-0.25, -0.2) is 9.97 Å². The zero-order valence-electron chi connectivity index (χ0n) is 13.8. The van der Waals surface area contributed by atoms with Gasteiger partial charge in [-0.15, -0.1) is 5.10 Å². The average Bonchev–Trinajstić information content (AvgIpc) is 3.36. The maximum atomic E-state index is 13.1. The Balaban J connectivity index is 1.57. The van der Waals surface area contributed by atoms with E-state index in [2.05, 4.69) is 20.3 Å². The molecule has 1 amide bonds. The lowest BCUT2D eigenvalue weighted by molar-refractivity contribution is 0.0583. The highest BCUT2D eigenvalue weighted by molar-refractivity contribution is 5.94. The van der Waals surface area contributed by atoms with E-state index in [9.17, 15) is 4.79 Å². The molecule has 0 spiro atoms. The number of carbonyl (C=O) groups excluding carboxylic acids is 1. The van der Waals surface area contributed by atoms with Crippen molar-refractivity contribution in [3.8, 4) is 5.82 Å². The molecule has 1 fully saturated rings. The molecular formula is C17H19N7O. The first-order valence-electron chi connectivity index (χ1n) is 8.41. The number of hydrogen-bond acceptors (Lipinski definition) is 5. The zero-order valence-corrected chi connectivity index (χ0v) is 13.8. The SMILES string of the molecule is O=C(c1ccnc(-n2ccnc2)c1)N1CCCCC1Cn1ccnn1. The van der Waals surface area contributed by atoms with Crippen LogP contribution in [0.4, 0.5) is 0 Å². The van der Waals surface area contributed by atoms with E-state index in [1.807, 2.05) is 23.4 Å². The number of amides is 1. The van der Waals surface area contributed by atoms with E-state index in [1.165, 1.54) is 0 Å². The smallest absolute Gasteiger partial charge is 0.254 e. The maximum Gasteiger partial charge on any atom is 0.254 e. The molecule has 3 aromatic rings. The minimum absolute atomic E-state index is 0.0357. The molecule has 1 aliphatic heterocycles. The van der Waals surface area contributed by atoms with Crippen molar-refractivity contribution < 1.29 is 4.79 Å². The summed E-state index contributed by atoms with van der Waals surface area (Å²) in [6.45, 7) is 1.44. The van der Waals surface area contributed by atoms with Crippen molar-refractivity contribution in [1.82, 2.24) is 34.4 Å². The molecule has 1 unspecified atom stereocenters. The molecular weight excluding hydrogens is 318 g/mol. The molecule has 4 heterocycles. The first-order chi connectivity index (χ1) is 12.3. The maximum absolute atomic E-state index is 13.1. The molecule has 0 bridgehead atoms. The molecule has 0 aliphatic carbocycles. The van der Waals surface area contributed by atoms with Gasteiger partial charge in [-0.1, -0.05) is 5.21 Å². The molecule has 0 saturated carbocycles. The highest BCUT2D eigenvalue weighted by Crippen LogP contribution is 2.21. The number of pyridine rings is 1. The van der Waals surface area contributed by atoms with Crippen LogP contribution in [0.3, 0.4) is 0 Å². The topological polar surface area (TPSA) is 81.7 Å². The summed E-state index contributed by atoms with van der Waals surface area (Å²) in [5.74, 6) is 0.724. The number of aromatic nitrogens is 6. The summed E-state index contributed by atoms with van der Waals surface area (Å²) < 4.78 is 3.58. The Morgan fingerprint density at radius 3 is 2.96 bits per heavy atom. The van der Waals surface area contributed by atoms with Gasteiger partial charge in [-0.2, -0.15) is 0 Å². The van der Waals surface area contributed by atoms with Gasteiger partial charge >= 0.3 is 0 Å². The van der Waals surface area contributed by atoms with E-state index in [-0.39, 0.29) is 11.9 Å². The van der Waals surface area contributed by atoms with Gasteiger partial charge in [0.05, 0.1) is 18.8 Å². The number of rotatable bonds is 4. The van der Waals surface area contributed by atoms with E-state index in [0.717, 1.165) is 25.8 Å². The van der Waals surface area contributed by atoms with Crippen molar-refractivity contribution in [2.75, 3.05) is 6.54 Å². The monoisotopic (exact) mass is 337 g/mol. The lowest BCUT2D eigenvalue weighted by atomic mass is 10.0. The molecule has 8 nitrogen and oxygen atoms in total. The van der Waals surface area contributed by atoms with Gasteiger partial charge in [0.2, 0.25) is 0 Å². The summed E-state index contributed by atoms with van der Waals surface area (Å²) in [5.41, 5.74) is 0.643. The minimum Gasteiger partial charge on any atom is -0.334 e. The summed E-state index contributed by atoms with van der Waals surface area (Å²) in [6.07, 6.45) is 13.5. The lowest BCUT2D eigenvalue weighted by Crippen LogP contribution is -2.46. The van der Waals surface area contributed by atoms with E-state index < -0.39 is 0 Å². The molecule has 25 heavy (non-hydrogen) atoms. The molecule has 128 valence electrons. The quantitative estimate of drug-likeness (QED) is 0.721. The number of nitrogens with zero attached hydrogens (tertiary/aromatic N) is 7. The van der Waals surface area contributed by atoms with Crippen LogP contribution in [-0.4, -0.2) is 52.9 Å². The summed E-state index contributed by atoms with van der Waals surface area (Å²) in [7, 11) is 0. The Kier molecular flexibility index (Phi) is 4.24. The van der Waals surface area contributed by atoms with Crippen LogP contribution in [0.1, 0.15) is 29.6 Å². The van der Waals surface area contributed by atoms with Gasteiger partial charge in [0.15, 0.2) is 0 Å². The number of imidazole rings is 1. The van der Waals surface area contributed by atoms with E-state index in [0.29, 0.717) is 17.9 Å². The Labute approximate surface area is 145 Å². The fourth-order valence-electron chi connectivity index (χ4n) is 3.26. The fourth-order valence-corrected chi connectivity index (χ4v) is 3.26. The molecule has 1 atom stereocenters. The molecule has 0 aromatic carbocycles. The first-order valence-corrected chi connectivity index (χ1v) is 8.41. The van der Waals surface area contributed by atoms with Crippen LogP contribution >= 0.6 is 0 Å². The van der Waals surface area contributed by atoms with Crippen molar-refractivity contribution in [2.24, 2.45) is 0 Å². The second-order valence-electron chi connectivity index (χ2n) is 6.15. The fraction of sp³-hybridized carbons (Fsp3) is 0.353. The largest absolute Gasteiger partial charge is 0.334 e. The first kappa shape index (κ1) is 15.5. The number of hydrogen-bond donors (Lipinski definition) is 0. The second kappa shape index (κ2) is 6.84. The van der Waals surface area contributed by atoms with Gasteiger partial charge < -0.3 is 4.90 Å². The van der Waals surface area contributed by atoms with Gasteiger partial charge in [0, 0.05) is 36.9 Å². The number of carbonyl (C=O) groups is 1. The summed E-state index contributed by atoms with van der Waals surface area (Å²) in [5, 5.41) is 7.88. The Bertz CT molecular complexity index is 829. The highest BCUT2D eigenvalue weighted by atomic mass is 16.2. The van der Waals surface area contributed by atoms with Crippen molar-refractivity contribution in [2.45, 2.75) is 31.8 Å². The van der Waals surface area contributed by atoms with Crippen LogP contribution in [0.2, 0.25) is 0 Å². The van der Waals surface area contributed by atoms with Crippen LogP contribution in [0.25, 0.3) is 5.82 Å². The Morgan fingerprint density at radius 1 is 1.20 bits per heavy atom. The van der Waals surface area contributed by atoms with Crippen LogP contribution < -0.4 is 0 Å². The van der Waals surface area contributed by atoms with Gasteiger partial charge in [0.25, 0.3) is 5.91 Å². The molecule has 1 aliphatic rings. The van der Waals surface area contributed by atoms with Crippen molar-refractivity contribution >= 4 is 5.91 Å². The molecule has 0 N–H and O–H groups in total. The Morgan fingerprint density at radius 2 is 2.16 bits per heavy atom. The third kappa shape index (κ3) is 3.28. The summed E-state index contributed by atoms with van der Waals surface area (Å²) in [6, 6.07) is 3.71. The van der Waals surface area contributed by atoms with Gasteiger partial charge in [-0.05, 0) is 31.4 Å². The average molecular weight is 337 g/mol. The van der Waals surface area contributed by atoms with Crippen molar-refractivity contribution in [1.29, 1.82) is 0 Å². The molecule has 1 saturated heterocycles. The second-order valence-corrected chi connectivity index (χ2v) is 6.15. The van der Waals surface area contributed by atoms with Crippen molar-refractivity contribution in [3.05, 3.63) is 55.0 Å². The van der Waals surface area contributed by atoms with Crippen LogP contribution in [0.5, 0.6) is 0 Å². The van der Waals surface area contributed by atoms with E-state index in [4.69, 9.17) is 0 Å². The van der Waals surface area contributed by atoms with Crippen molar-refractivity contribution in [3.63, 3.8) is 0 Å². The summed E-state index contributed by atoms with van der Waals surface area (Å²) >= 11 is 0. The van der Waals surface area contributed by atoms with E-state index >= 15 is 0 Å². The minimum atomic E-state index is 0.0357. The predicted molar refractivity (Wildman–Crippen MR) is 90.1 cm³/mol. The third-order valence-electron chi connectivity index (χ3n) is 4.52. The van der Waals surface area contributed by atoms with Crippen LogP contribution in [-0.2, 0) is 6.54 Å². The van der Waals surface area contributed by atoms with Crippen LogP contribution in [0, 0.1) is 0 Å². The number of piperidine rings is 1. The molecule has 8 heteroatoms. The zero-order chi connectivity index (χ0) is 17.1. The molecule has 0 radical (unpaired) electrons. The normalized spacial score (nSPS) is 17.6. The third-order valence-corrected chi connectivity index (χ3v) is 4.52. The predicted octanol–water partition coefficient (Wildman–Crippen LogP) is 1.55.